The summed E-state index contributed by atoms with van der Waals surface area (Å²) in [6.45, 7) is 10.0. The average Bonchev–Trinajstić information content (AvgIpc) is 3.79. The SMILES string of the molecule is COC(=O)C1=C(N=P(c2ccccc2)(c2ccccc2)c2ccccc2)N2P3[C@@]1(C(=O)OC)C1(C)C2(C)[C@@]2(C)C(C(=O)OC)=C(C(=O)OC)[C@]1(C)[C@@]32C. The van der Waals surface area contributed by atoms with E-state index in [4.69, 9.17) is 23.7 Å². The summed E-state index contributed by atoms with van der Waals surface area (Å²) in [5, 5.41) is 0.258. The third-order valence-corrected chi connectivity index (χ3v) is 22.1. The predicted molar refractivity (Wildman–Crippen MR) is 202 cm³/mol. The van der Waals surface area contributed by atoms with E-state index >= 15 is 4.79 Å². The fourth-order valence-corrected chi connectivity index (χ4v) is 21.1. The second-order valence-corrected chi connectivity index (χ2v) is 20.6. The molecule has 274 valence electrons. The number of hydrogen-bond acceptors (Lipinski definition) is 10. The number of esters is 4. The molecule has 0 amide bonds. The summed E-state index contributed by atoms with van der Waals surface area (Å²) >= 11 is 0. The van der Waals surface area contributed by atoms with Crippen LogP contribution in [0.5, 0.6) is 0 Å². The number of nitrogens with zero attached hydrogens (tertiary/aromatic N) is 2. The van der Waals surface area contributed by atoms with Crippen LogP contribution in [0.3, 0.4) is 0 Å². The van der Waals surface area contributed by atoms with Gasteiger partial charge in [-0.2, -0.15) is 0 Å². The van der Waals surface area contributed by atoms with Crippen LogP contribution in [0, 0.1) is 16.2 Å². The van der Waals surface area contributed by atoms with Gasteiger partial charge in [-0.1, -0.05) is 119 Å². The fraction of sp³-hybridized carbons (Fsp3) is 0.366. The summed E-state index contributed by atoms with van der Waals surface area (Å²) in [6, 6.07) is 30.1. The van der Waals surface area contributed by atoms with Crippen molar-refractivity contribution in [3.05, 3.63) is 114 Å². The number of hydrogen-bond donors (Lipinski definition) is 0. The molecule has 7 atom stereocenters. The van der Waals surface area contributed by atoms with Gasteiger partial charge >= 0.3 is 23.9 Å². The molecule has 12 heteroatoms. The van der Waals surface area contributed by atoms with Gasteiger partial charge in [0.25, 0.3) is 0 Å². The highest BCUT2D eigenvalue weighted by Gasteiger charge is 3.09. The van der Waals surface area contributed by atoms with E-state index in [1.807, 2.05) is 75.4 Å². The van der Waals surface area contributed by atoms with Gasteiger partial charge < -0.3 is 23.6 Å². The molecule has 4 heterocycles. The van der Waals surface area contributed by atoms with Crippen LogP contribution in [-0.4, -0.2) is 72.8 Å². The number of benzene rings is 3. The Kier molecular flexibility index (Phi) is 7.38. The molecule has 0 spiro atoms. The van der Waals surface area contributed by atoms with Gasteiger partial charge in [-0.15, -0.1) is 0 Å². The van der Waals surface area contributed by atoms with Crippen LogP contribution in [0.25, 0.3) is 0 Å². The van der Waals surface area contributed by atoms with Crippen molar-refractivity contribution in [3.8, 4) is 0 Å². The summed E-state index contributed by atoms with van der Waals surface area (Å²) in [4.78, 5) is 57.9. The van der Waals surface area contributed by atoms with E-state index in [0.29, 0.717) is 5.82 Å². The average molecular weight is 753 g/mol. The smallest absolute Gasteiger partial charge is 0.339 e. The molecule has 4 aliphatic heterocycles. The van der Waals surface area contributed by atoms with Crippen molar-refractivity contribution >= 4 is 54.9 Å². The predicted octanol–water partition coefficient (Wildman–Crippen LogP) is 5.41. The zero-order valence-corrected chi connectivity index (χ0v) is 33.0. The maximum Gasteiger partial charge on any atom is 0.339 e. The van der Waals surface area contributed by atoms with Crippen LogP contribution in [0.2, 0.25) is 0 Å². The Morgan fingerprint density at radius 2 is 0.981 bits per heavy atom. The van der Waals surface area contributed by atoms with Gasteiger partial charge in [0.1, 0.15) is 11.4 Å². The molecule has 8 bridgehead atoms. The normalized spacial score (nSPS) is 34.1. The molecule has 0 N–H and O–H groups in total. The number of methoxy groups -OCH3 is 4. The zero-order valence-electron chi connectivity index (χ0n) is 31.2. The lowest BCUT2D eigenvalue weighted by atomic mass is 9.45. The molecule has 4 fully saturated rings. The lowest BCUT2D eigenvalue weighted by molar-refractivity contribution is -0.157. The molecule has 0 radical (unpaired) electrons. The quantitative estimate of drug-likeness (QED) is 0.169. The van der Waals surface area contributed by atoms with E-state index < -0.39 is 71.1 Å². The van der Waals surface area contributed by atoms with Crippen LogP contribution in [0.15, 0.2) is 118 Å². The Labute approximate surface area is 310 Å². The standard InChI is InChI=1S/C41H42N2O8P2/c1-36-28(32(44)48-6)29(33(45)49-7)37(2)39(4)38(36,3)41(35(47)51-9)30(34(46)50-8)31(43(39)52(41)40(36,37)5)42-53(25-19-13-10-14-20-25,26-21-15-11-16-22-26)27-23-17-12-18-24-27/h10-24H,1-9H3/t36-,37+,38?,39?,40+,41-,52?/m0/s1. The molecular weight excluding hydrogens is 710 g/mol. The van der Waals surface area contributed by atoms with Crippen molar-refractivity contribution in [2.75, 3.05) is 28.4 Å². The lowest BCUT2D eigenvalue weighted by Gasteiger charge is -2.60. The first kappa shape index (κ1) is 35.5. The van der Waals surface area contributed by atoms with Crippen LogP contribution in [0.4, 0.5) is 0 Å². The van der Waals surface area contributed by atoms with E-state index in [1.54, 1.807) is 0 Å². The first-order valence-corrected chi connectivity index (χ1v) is 20.5. The fourth-order valence-electron chi connectivity index (χ4n) is 12.0. The molecule has 2 aliphatic carbocycles. The van der Waals surface area contributed by atoms with Crippen molar-refractivity contribution in [2.45, 2.75) is 50.5 Å². The Morgan fingerprint density at radius 1 is 0.585 bits per heavy atom. The van der Waals surface area contributed by atoms with Crippen LogP contribution in [0.1, 0.15) is 34.6 Å². The van der Waals surface area contributed by atoms with E-state index in [2.05, 4.69) is 54.9 Å². The summed E-state index contributed by atoms with van der Waals surface area (Å²) in [5.41, 5.74) is -3.97. The van der Waals surface area contributed by atoms with Crippen LogP contribution >= 0.6 is 15.1 Å². The molecule has 53 heavy (non-hydrogen) atoms. The summed E-state index contributed by atoms with van der Waals surface area (Å²) in [6.07, 6.45) is 0. The van der Waals surface area contributed by atoms with Crippen molar-refractivity contribution < 1.29 is 38.1 Å². The first-order valence-electron chi connectivity index (χ1n) is 17.4. The Hall–Kier alpha value is -4.52. The molecular formula is C41H42N2O8P2. The zero-order chi connectivity index (χ0) is 38.1. The highest BCUT2D eigenvalue weighted by molar-refractivity contribution is 7.87. The molecule has 3 saturated heterocycles. The molecule has 1 saturated carbocycles. The molecule has 10 nitrogen and oxygen atoms in total. The van der Waals surface area contributed by atoms with Gasteiger partial charge in [0.05, 0.1) is 52.2 Å². The van der Waals surface area contributed by atoms with Crippen molar-refractivity contribution in [3.63, 3.8) is 0 Å². The van der Waals surface area contributed by atoms with Crippen LogP contribution < -0.4 is 15.9 Å². The van der Waals surface area contributed by atoms with E-state index in [-0.39, 0.29) is 16.7 Å². The van der Waals surface area contributed by atoms with Gasteiger partial charge in [-0.3, -0.25) is 4.79 Å². The first-order chi connectivity index (χ1) is 25.2. The molecule has 0 aromatic heterocycles. The number of carbonyl (C=O) groups is 4. The maximum absolute atomic E-state index is 15.1. The van der Waals surface area contributed by atoms with E-state index in [1.165, 1.54) is 28.4 Å². The summed E-state index contributed by atoms with van der Waals surface area (Å²) in [5.74, 6) is -2.25. The van der Waals surface area contributed by atoms with Gasteiger partial charge in [0, 0.05) is 45.4 Å². The summed E-state index contributed by atoms with van der Waals surface area (Å²) in [7, 11) is 0.368. The Balaban J connectivity index is 1.60. The molecule has 6 aliphatic rings. The second-order valence-electron chi connectivity index (χ2n) is 15.0. The highest BCUT2D eigenvalue weighted by Crippen LogP contribution is 3.09. The number of ether oxygens (including phenoxy) is 4. The topological polar surface area (TPSA) is 121 Å². The monoisotopic (exact) mass is 752 g/mol. The lowest BCUT2D eigenvalue weighted by Crippen LogP contribution is -2.70. The Morgan fingerprint density at radius 3 is 1.38 bits per heavy atom. The van der Waals surface area contributed by atoms with Crippen molar-refractivity contribution in [1.29, 1.82) is 0 Å². The molecule has 9 rings (SSSR count). The third-order valence-electron chi connectivity index (χ3n) is 14.3. The molecule has 3 aromatic carbocycles. The number of rotatable bonds is 8. The molecule has 3 aromatic rings. The van der Waals surface area contributed by atoms with Crippen molar-refractivity contribution in [2.24, 2.45) is 21.0 Å². The van der Waals surface area contributed by atoms with Gasteiger partial charge in [-0.25, -0.2) is 19.1 Å². The molecule has 3 unspecified atom stereocenters. The van der Waals surface area contributed by atoms with Gasteiger partial charge in [0.2, 0.25) is 0 Å². The van der Waals surface area contributed by atoms with Gasteiger partial charge in [0.15, 0.2) is 5.16 Å². The van der Waals surface area contributed by atoms with Gasteiger partial charge in [-0.05, 0) is 6.92 Å². The maximum atomic E-state index is 15.1. The van der Waals surface area contributed by atoms with Crippen molar-refractivity contribution in [1.82, 2.24) is 4.67 Å². The van der Waals surface area contributed by atoms with E-state index in [0.717, 1.165) is 15.9 Å². The minimum absolute atomic E-state index is 0.118. The van der Waals surface area contributed by atoms with E-state index in [9.17, 15) is 14.4 Å². The minimum Gasteiger partial charge on any atom is -0.468 e. The summed E-state index contributed by atoms with van der Waals surface area (Å²) < 4.78 is 30.3. The minimum atomic E-state index is -3.02. The highest BCUT2D eigenvalue weighted by atomic mass is 31.2. The Bertz CT molecular complexity index is 2170. The third kappa shape index (κ3) is 3.23. The second kappa shape index (κ2) is 11.0. The number of carbonyl (C=O) groups excluding carboxylic acids is 4. The van der Waals surface area contributed by atoms with Crippen LogP contribution in [-0.2, 0) is 38.1 Å². The largest absolute Gasteiger partial charge is 0.468 e.